The zero-order valence-electron chi connectivity index (χ0n) is 23.9. The number of phenols is 2. The van der Waals surface area contributed by atoms with Crippen molar-refractivity contribution < 1.29 is 15.0 Å². The van der Waals surface area contributed by atoms with Gasteiger partial charge in [-0.1, -0.05) is 12.1 Å². The summed E-state index contributed by atoms with van der Waals surface area (Å²) in [6.45, 7) is 7.33. The number of carbonyl (C=O) groups is 1. The fourth-order valence-electron chi connectivity index (χ4n) is 4.67. The van der Waals surface area contributed by atoms with Crippen molar-refractivity contribution in [1.29, 1.82) is 0 Å². The summed E-state index contributed by atoms with van der Waals surface area (Å²) in [4.78, 5) is 16.6. The normalized spacial score (nSPS) is 11.7. The lowest BCUT2D eigenvalue weighted by Crippen LogP contribution is -2.28. The number of nitrogens with zero attached hydrogens (tertiary/aromatic N) is 11. The Kier molecular flexibility index (Phi) is 8.27. The van der Waals surface area contributed by atoms with Gasteiger partial charge in [0.2, 0.25) is 5.91 Å². The van der Waals surface area contributed by atoms with Gasteiger partial charge in [-0.15, -0.1) is 19.8 Å². The second-order valence-corrected chi connectivity index (χ2v) is 9.65. The van der Waals surface area contributed by atoms with Crippen LogP contribution in [0, 0.1) is 13.8 Å². The van der Waals surface area contributed by atoms with Crippen LogP contribution in [0.5, 0.6) is 11.5 Å². The first-order chi connectivity index (χ1) is 20.7. The van der Waals surface area contributed by atoms with Crippen LogP contribution in [0.4, 0.5) is 5.69 Å². The zero-order valence-corrected chi connectivity index (χ0v) is 23.9. The van der Waals surface area contributed by atoms with Gasteiger partial charge in [0.15, 0.2) is 11.6 Å². The fourth-order valence-corrected chi connectivity index (χ4v) is 4.67. The van der Waals surface area contributed by atoms with Crippen LogP contribution in [0.1, 0.15) is 59.2 Å². The lowest BCUT2D eigenvalue weighted by molar-refractivity contribution is -0.116. The van der Waals surface area contributed by atoms with E-state index in [4.69, 9.17) is 0 Å². The summed E-state index contributed by atoms with van der Waals surface area (Å²) in [6, 6.07) is 17.6. The Morgan fingerprint density at radius 3 is 1.84 bits per heavy atom. The topological polar surface area (TPSA) is 173 Å². The Balaban J connectivity index is 1.66. The van der Waals surface area contributed by atoms with E-state index in [1.807, 2.05) is 31.2 Å². The van der Waals surface area contributed by atoms with E-state index in [-0.39, 0.29) is 17.4 Å². The van der Waals surface area contributed by atoms with Crippen molar-refractivity contribution in [2.45, 2.75) is 33.6 Å². The van der Waals surface area contributed by atoms with Crippen molar-refractivity contribution in [3.05, 3.63) is 100 Å². The molecular weight excluding hydrogens is 550 g/mol. The number of hydrogen-bond acceptors (Lipinski definition) is 11. The summed E-state index contributed by atoms with van der Waals surface area (Å²) >= 11 is 0. The van der Waals surface area contributed by atoms with Crippen LogP contribution >= 0.6 is 0 Å². The highest BCUT2D eigenvalue weighted by Crippen LogP contribution is 2.42. The van der Waals surface area contributed by atoms with E-state index < -0.39 is 5.92 Å². The van der Waals surface area contributed by atoms with Gasteiger partial charge in [0.05, 0.1) is 12.4 Å². The number of aromatic hydroxyl groups is 2. The minimum absolute atomic E-state index is 0.00727. The predicted molar refractivity (Wildman–Crippen MR) is 158 cm³/mol. The molecule has 5 aromatic rings. The third-order valence-electron chi connectivity index (χ3n) is 6.78. The maximum absolute atomic E-state index is 12.4. The smallest absolute Gasteiger partial charge is 0.223 e. The van der Waals surface area contributed by atoms with E-state index in [0.717, 1.165) is 5.56 Å². The lowest BCUT2D eigenvalue weighted by Gasteiger charge is -2.25. The van der Waals surface area contributed by atoms with Crippen molar-refractivity contribution >= 4 is 24.0 Å². The summed E-state index contributed by atoms with van der Waals surface area (Å²) in [6.07, 6.45) is 3.15. The van der Waals surface area contributed by atoms with Crippen molar-refractivity contribution in [3.8, 4) is 11.5 Å². The SMILES string of the molecule is CCN(C(C)=O)c1cccc(C(c2cc(/C=N/n3nnnc3C)ccc2O)c2cc(/C=N/n3nnnc3C)ccc2O)c1. The van der Waals surface area contributed by atoms with Crippen LogP contribution in [0.3, 0.4) is 0 Å². The quantitative estimate of drug-likeness (QED) is 0.197. The molecule has 0 fully saturated rings. The lowest BCUT2D eigenvalue weighted by atomic mass is 9.82. The minimum atomic E-state index is -0.656. The Labute approximate surface area is 246 Å². The third-order valence-corrected chi connectivity index (χ3v) is 6.78. The molecule has 0 atom stereocenters. The molecule has 2 aromatic heterocycles. The van der Waals surface area contributed by atoms with E-state index in [9.17, 15) is 15.0 Å². The molecule has 0 bridgehead atoms. The zero-order chi connectivity index (χ0) is 30.5. The highest BCUT2D eigenvalue weighted by molar-refractivity contribution is 5.91. The molecule has 0 aliphatic carbocycles. The summed E-state index contributed by atoms with van der Waals surface area (Å²) in [5.74, 6) is 0.277. The number of amides is 1. The average molecular weight is 580 g/mol. The monoisotopic (exact) mass is 579 g/mol. The number of anilines is 1. The Hall–Kier alpha value is -5.79. The molecule has 0 saturated heterocycles. The average Bonchev–Trinajstić information content (AvgIpc) is 3.60. The molecule has 0 aliphatic heterocycles. The number of aromatic nitrogens is 8. The van der Waals surface area contributed by atoms with Crippen molar-refractivity contribution in [3.63, 3.8) is 0 Å². The van der Waals surface area contributed by atoms with E-state index in [1.165, 1.54) is 16.5 Å². The summed E-state index contributed by atoms with van der Waals surface area (Å²) in [5.41, 5.74) is 3.75. The molecule has 14 nitrogen and oxygen atoms in total. The third kappa shape index (κ3) is 6.27. The van der Waals surface area contributed by atoms with Gasteiger partial charge in [0.1, 0.15) is 11.5 Å². The predicted octanol–water partition coefficient (Wildman–Crippen LogP) is 3.01. The van der Waals surface area contributed by atoms with Gasteiger partial charge in [-0.05, 0) is 107 Å². The fraction of sp³-hybridized carbons (Fsp3) is 0.207. The number of tetrazole rings is 2. The van der Waals surface area contributed by atoms with Gasteiger partial charge in [-0.3, -0.25) is 4.79 Å². The molecular formula is C29H29N11O3. The molecule has 0 spiro atoms. The van der Waals surface area contributed by atoms with Gasteiger partial charge in [-0.2, -0.15) is 10.2 Å². The van der Waals surface area contributed by atoms with Crippen molar-refractivity contribution in [1.82, 2.24) is 40.6 Å². The molecule has 0 aliphatic rings. The van der Waals surface area contributed by atoms with Crippen molar-refractivity contribution in [2.75, 3.05) is 11.4 Å². The van der Waals surface area contributed by atoms with Crippen LogP contribution < -0.4 is 4.90 Å². The Bertz CT molecular complexity index is 1730. The molecule has 0 unspecified atom stereocenters. The van der Waals surface area contributed by atoms with E-state index >= 15 is 0 Å². The summed E-state index contributed by atoms with van der Waals surface area (Å²) < 4.78 is 0. The Morgan fingerprint density at radius 2 is 1.40 bits per heavy atom. The molecule has 0 radical (unpaired) electrons. The maximum Gasteiger partial charge on any atom is 0.223 e. The van der Waals surface area contributed by atoms with Gasteiger partial charge < -0.3 is 15.1 Å². The highest BCUT2D eigenvalue weighted by atomic mass is 16.3. The second kappa shape index (κ2) is 12.4. The van der Waals surface area contributed by atoms with Crippen LogP contribution in [0.15, 0.2) is 70.9 Å². The van der Waals surface area contributed by atoms with Crippen molar-refractivity contribution in [2.24, 2.45) is 10.2 Å². The number of hydrogen-bond donors (Lipinski definition) is 2. The summed E-state index contributed by atoms with van der Waals surface area (Å²) in [7, 11) is 0. The number of phenolic OH excluding ortho intramolecular Hbond substituents is 2. The van der Waals surface area contributed by atoms with Gasteiger partial charge >= 0.3 is 0 Å². The van der Waals surface area contributed by atoms with E-state index in [2.05, 4.69) is 41.3 Å². The van der Waals surface area contributed by atoms with Crippen LogP contribution in [-0.2, 0) is 4.79 Å². The standard InChI is InChI=1S/C29H29N11O3/c1-5-38(20(4)41)24-8-6-7-23(15-24)29(25-13-21(9-11-27(25)42)16-30-39-18(2)32-34-36-39)26-14-22(10-12-28(26)43)17-31-40-19(3)33-35-37-40/h6-17,29,42-43H,5H2,1-4H3/b30-16+,31-17+. The van der Waals surface area contributed by atoms with Crippen LogP contribution in [-0.4, -0.2) is 75.7 Å². The van der Waals surface area contributed by atoms with E-state index in [1.54, 1.807) is 67.6 Å². The molecule has 14 heteroatoms. The summed E-state index contributed by atoms with van der Waals surface area (Å²) in [5, 5.41) is 53.5. The van der Waals surface area contributed by atoms with Gasteiger partial charge in [-0.25, -0.2) is 0 Å². The largest absolute Gasteiger partial charge is 0.508 e. The van der Waals surface area contributed by atoms with Gasteiger partial charge in [0, 0.05) is 36.2 Å². The first-order valence-electron chi connectivity index (χ1n) is 13.4. The first-order valence-corrected chi connectivity index (χ1v) is 13.4. The highest BCUT2D eigenvalue weighted by Gasteiger charge is 2.25. The maximum atomic E-state index is 12.4. The number of rotatable bonds is 9. The molecule has 2 heterocycles. The first kappa shape index (κ1) is 28.7. The van der Waals surface area contributed by atoms with E-state index in [0.29, 0.717) is 46.1 Å². The van der Waals surface area contributed by atoms with Gasteiger partial charge in [0.25, 0.3) is 0 Å². The molecule has 5 rings (SSSR count). The number of carbonyl (C=O) groups excluding carboxylic acids is 1. The minimum Gasteiger partial charge on any atom is -0.508 e. The number of benzene rings is 3. The van der Waals surface area contributed by atoms with Crippen LogP contribution in [0.25, 0.3) is 0 Å². The number of aryl methyl sites for hydroxylation is 2. The molecule has 43 heavy (non-hydrogen) atoms. The molecule has 2 N–H and O–H groups in total. The molecule has 1 amide bonds. The molecule has 3 aromatic carbocycles. The second-order valence-electron chi connectivity index (χ2n) is 9.65. The molecule has 218 valence electrons. The van der Waals surface area contributed by atoms with Crippen LogP contribution in [0.2, 0.25) is 0 Å². The molecule has 0 saturated carbocycles. The Morgan fingerprint density at radius 1 is 0.860 bits per heavy atom.